The van der Waals surface area contributed by atoms with E-state index >= 15 is 0 Å². The van der Waals surface area contributed by atoms with Gasteiger partial charge in [-0.2, -0.15) is 0 Å². The fourth-order valence-corrected chi connectivity index (χ4v) is 0. The Kier molecular flexibility index (Phi) is 87.1. The second-order valence-corrected chi connectivity index (χ2v) is 1.25. The van der Waals surface area contributed by atoms with Crippen molar-refractivity contribution >= 4 is 0 Å². The first kappa shape index (κ1) is 23.7. The number of hydrogen-bond donors (Lipinski definition) is 3. The van der Waals surface area contributed by atoms with E-state index in [0.717, 1.165) is 17.4 Å². The topological polar surface area (TPSA) is 105 Å². The summed E-state index contributed by atoms with van der Waals surface area (Å²) in [5, 5.41) is 22.1. The number of hydrogen-bond acceptors (Lipinski definition) is 7. The van der Waals surface area contributed by atoms with Crippen LogP contribution in [0.4, 0.5) is 0 Å². The van der Waals surface area contributed by atoms with Crippen LogP contribution in [-0.2, 0) is 35.7 Å². The van der Waals surface area contributed by atoms with Crippen LogP contribution in [0.15, 0.2) is 0 Å². The molecule has 0 saturated carbocycles. The molecule has 0 heterocycles. The van der Waals surface area contributed by atoms with E-state index in [1.165, 1.54) is 0 Å². The molecule has 0 aliphatic heterocycles. The van der Waals surface area contributed by atoms with E-state index < -0.39 is 0 Å². The van der Waals surface area contributed by atoms with Crippen molar-refractivity contribution in [1.29, 1.82) is 0 Å². The zero-order valence-electron chi connectivity index (χ0n) is 8.54. The van der Waals surface area contributed by atoms with Crippen LogP contribution in [0.5, 0.6) is 0 Å². The molecule has 0 radical (unpaired) electrons. The van der Waals surface area contributed by atoms with Crippen molar-refractivity contribution in [3.8, 4) is 0 Å². The van der Waals surface area contributed by atoms with E-state index in [1.807, 2.05) is 0 Å². The van der Waals surface area contributed by atoms with Gasteiger partial charge in [-0.05, 0) is 20.8 Å². The summed E-state index contributed by atoms with van der Waals surface area (Å²) in [4.78, 5) is 10.6. The Bertz CT molecular complexity index is 41.9. The third kappa shape index (κ3) is 153. The summed E-state index contributed by atoms with van der Waals surface area (Å²) < 4.78 is 8.19. The van der Waals surface area contributed by atoms with E-state index in [9.17, 15) is 0 Å². The molecule has 0 aliphatic rings. The minimum absolute atomic E-state index is 0.375. The standard InChI is InChI=1S/3C2H6O2.O.V/c3*1-2-4-3;;/h3*3H,2H2,1H3;;. The van der Waals surface area contributed by atoms with E-state index in [1.54, 1.807) is 20.8 Å². The summed E-state index contributed by atoms with van der Waals surface area (Å²) in [6.07, 6.45) is 0. The molecule has 8 heteroatoms. The third-order valence-corrected chi connectivity index (χ3v) is 0.387. The van der Waals surface area contributed by atoms with E-state index in [4.69, 9.17) is 19.4 Å². The third-order valence-electron chi connectivity index (χ3n) is 0.387. The average Bonchev–Trinajstić information content (AvgIpc) is 2.31. The van der Waals surface area contributed by atoms with Crippen LogP contribution in [0.1, 0.15) is 20.8 Å². The summed E-state index contributed by atoms with van der Waals surface area (Å²) >= 11 is 1.06. The molecule has 0 aromatic carbocycles. The molecule has 7 nitrogen and oxygen atoms in total. The maximum atomic E-state index is 8.19. The molecule has 89 valence electrons. The van der Waals surface area contributed by atoms with Crippen LogP contribution in [0.25, 0.3) is 0 Å². The normalized spacial score (nSPS) is 6.64. The van der Waals surface area contributed by atoms with Gasteiger partial charge in [-0.25, -0.2) is 14.7 Å². The molecule has 0 saturated heterocycles. The molecule has 0 unspecified atom stereocenters. The summed E-state index contributed by atoms with van der Waals surface area (Å²) in [6.45, 7) is 6.25. The van der Waals surface area contributed by atoms with E-state index in [2.05, 4.69) is 14.7 Å². The molecule has 0 amide bonds. The van der Waals surface area contributed by atoms with Gasteiger partial charge in [-0.1, -0.05) is 0 Å². The van der Waals surface area contributed by atoms with Gasteiger partial charge in [-0.3, -0.25) is 15.8 Å². The van der Waals surface area contributed by atoms with Gasteiger partial charge >= 0.3 is 21.0 Å². The summed E-state index contributed by atoms with van der Waals surface area (Å²) in [7, 11) is 0. The molecular weight excluding hydrogens is 235 g/mol. The SMILES string of the molecule is CCOO.CCOO.CCOO.[O]=[V]. The molecular formula is C6H18O7V. The van der Waals surface area contributed by atoms with Crippen LogP contribution in [0, 0.1) is 0 Å². The zero-order chi connectivity index (χ0) is 12.2. The molecule has 14 heavy (non-hydrogen) atoms. The fourth-order valence-electron chi connectivity index (χ4n) is 0. The Labute approximate surface area is 92.6 Å². The van der Waals surface area contributed by atoms with Crippen molar-refractivity contribution in [2.75, 3.05) is 19.8 Å². The molecule has 0 bridgehead atoms. The molecule has 0 aliphatic carbocycles. The second kappa shape index (κ2) is 51.3. The zero-order valence-corrected chi connectivity index (χ0v) is 9.94. The summed E-state index contributed by atoms with van der Waals surface area (Å²) in [5.41, 5.74) is 0. The van der Waals surface area contributed by atoms with Crippen LogP contribution < -0.4 is 0 Å². The van der Waals surface area contributed by atoms with Gasteiger partial charge in [0.25, 0.3) is 0 Å². The quantitative estimate of drug-likeness (QED) is 0.515. The Morgan fingerprint density at radius 3 is 0.857 bits per heavy atom. The Morgan fingerprint density at radius 1 is 0.786 bits per heavy atom. The van der Waals surface area contributed by atoms with Crippen LogP contribution in [0.3, 0.4) is 0 Å². The maximum absolute atomic E-state index is 8.19. The van der Waals surface area contributed by atoms with Crippen LogP contribution in [-0.4, -0.2) is 35.6 Å². The first-order valence-corrected chi connectivity index (χ1v) is 4.29. The van der Waals surface area contributed by atoms with Gasteiger partial charge < -0.3 is 0 Å². The van der Waals surface area contributed by atoms with E-state index in [0.29, 0.717) is 19.8 Å². The second-order valence-electron chi connectivity index (χ2n) is 1.25. The van der Waals surface area contributed by atoms with Crippen LogP contribution in [0.2, 0.25) is 0 Å². The van der Waals surface area contributed by atoms with Crippen molar-refractivity contribution < 1.29 is 51.5 Å². The summed E-state index contributed by atoms with van der Waals surface area (Å²) in [6, 6.07) is 0. The predicted octanol–water partition coefficient (Wildman–Crippen LogP) is 1.37. The molecule has 3 N–H and O–H groups in total. The molecule has 0 atom stereocenters. The van der Waals surface area contributed by atoms with Gasteiger partial charge in [-0.15, -0.1) is 0 Å². The van der Waals surface area contributed by atoms with Gasteiger partial charge in [0.05, 0.1) is 19.8 Å². The van der Waals surface area contributed by atoms with Crippen molar-refractivity contribution in [2.45, 2.75) is 20.8 Å². The van der Waals surface area contributed by atoms with Crippen molar-refractivity contribution in [2.24, 2.45) is 0 Å². The van der Waals surface area contributed by atoms with Gasteiger partial charge in [0.15, 0.2) is 0 Å². The molecule has 0 fully saturated rings. The first-order valence-electron chi connectivity index (χ1n) is 3.72. The van der Waals surface area contributed by atoms with Gasteiger partial charge in [0.2, 0.25) is 0 Å². The fraction of sp³-hybridized carbons (Fsp3) is 1.00. The predicted molar refractivity (Wildman–Crippen MR) is 43.5 cm³/mol. The monoisotopic (exact) mass is 253 g/mol. The summed E-state index contributed by atoms with van der Waals surface area (Å²) in [5.74, 6) is 0. The average molecular weight is 253 g/mol. The van der Waals surface area contributed by atoms with Gasteiger partial charge in [0, 0.05) is 0 Å². The molecule has 0 aromatic rings. The van der Waals surface area contributed by atoms with E-state index in [-0.39, 0.29) is 0 Å². The molecule has 0 aromatic heterocycles. The van der Waals surface area contributed by atoms with Gasteiger partial charge in [0.1, 0.15) is 0 Å². The van der Waals surface area contributed by atoms with Crippen molar-refractivity contribution in [3.63, 3.8) is 0 Å². The Balaban J connectivity index is -0.0000000492. The Morgan fingerprint density at radius 2 is 0.857 bits per heavy atom. The molecule has 0 rings (SSSR count). The van der Waals surface area contributed by atoms with Crippen molar-refractivity contribution in [3.05, 3.63) is 0 Å². The minimum atomic E-state index is 0.375. The van der Waals surface area contributed by atoms with Crippen molar-refractivity contribution in [1.82, 2.24) is 0 Å². The molecule has 0 spiro atoms. The van der Waals surface area contributed by atoms with Crippen LogP contribution >= 0.6 is 0 Å². The number of rotatable bonds is 3. The Hall–Kier alpha value is 0.144. The first-order chi connectivity index (χ1) is 6.74.